The highest BCUT2D eigenvalue weighted by molar-refractivity contribution is 6.60. The Morgan fingerprint density at radius 2 is 1.53 bits per heavy atom. The molecule has 0 atom stereocenters. The van der Waals surface area contributed by atoms with Crippen LogP contribution in [0.4, 0.5) is 8.78 Å². The van der Waals surface area contributed by atoms with Gasteiger partial charge in [0.1, 0.15) is 0 Å². The topological polar surface area (TPSA) is 9.23 Å². The molecule has 2 aromatic carbocycles. The van der Waals surface area contributed by atoms with Gasteiger partial charge in [-0.25, -0.2) is 8.78 Å². The molecule has 1 aliphatic heterocycles. The number of benzene rings is 2. The quantitative estimate of drug-likeness (QED) is 0.242. The van der Waals surface area contributed by atoms with Gasteiger partial charge in [0.2, 0.25) is 0 Å². The fourth-order valence-electron chi connectivity index (χ4n) is 5.90. The number of aryl methyl sites for hydroxylation is 1. The van der Waals surface area contributed by atoms with Gasteiger partial charge in [-0.15, -0.1) is 0 Å². The maximum absolute atomic E-state index is 13.5. The zero-order chi connectivity index (χ0) is 23.8. The number of ether oxygens (including phenoxy) is 1. The van der Waals surface area contributed by atoms with E-state index in [4.69, 9.17) is 4.74 Å². The third kappa shape index (κ3) is 7.24. The molecule has 34 heavy (non-hydrogen) atoms. The fraction of sp³-hybridized carbons (Fsp3) is 0.600. The van der Waals surface area contributed by atoms with Crippen molar-refractivity contribution in [3.8, 4) is 11.1 Å². The van der Waals surface area contributed by atoms with Gasteiger partial charge >= 0.3 is 0 Å². The zero-order valence-corrected chi connectivity index (χ0v) is 21.8. The molecule has 2 fully saturated rings. The van der Waals surface area contributed by atoms with Crippen LogP contribution in [0.2, 0.25) is 17.6 Å². The predicted molar refractivity (Wildman–Crippen MR) is 140 cm³/mol. The molecule has 0 bridgehead atoms. The Labute approximate surface area is 206 Å². The Bertz CT molecular complexity index is 868. The number of rotatable bonds is 10. The second-order valence-electron chi connectivity index (χ2n) is 10.5. The van der Waals surface area contributed by atoms with Crippen molar-refractivity contribution in [2.45, 2.75) is 101 Å². The third-order valence-electron chi connectivity index (χ3n) is 8.15. The van der Waals surface area contributed by atoms with E-state index in [1.165, 1.54) is 94.0 Å². The van der Waals surface area contributed by atoms with Crippen LogP contribution in [0.25, 0.3) is 11.1 Å². The molecule has 1 aliphatic carbocycles. The van der Waals surface area contributed by atoms with Gasteiger partial charge in [-0.3, -0.25) is 0 Å². The summed E-state index contributed by atoms with van der Waals surface area (Å²) >= 11 is 0. The van der Waals surface area contributed by atoms with E-state index in [9.17, 15) is 8.78 Å². The van der Waals surface area contributed by atoms with Crippen molar-refractivity contribution >= 4 is 8.80 Å². The summed E-state index contributed by atoms with van der Waals surface area (Å²) in [6, 6.07) is 15.5. The first-order chi connectivity index (χ1) is 16.6. The molecule has 1 radical (unpaired) electrons. The van der Waals surface area contributed by atoms with Crippen LogP contribution in [0.1, 0.15) is 76.7 Å². The summed E-state index contributed by atoms with van der Waals surface area (Å²) in [4.78, 5) is 0. The summed E-state index contributed by atoms with van der Waals surface area (Å²) in [5.74, 6) is -0.710. The minimum atomic E-state index is -0.795. The van der Waals surface area contributed by atoms with Gasteiger partial charge in [-0.05, 0) is 72.4 Å². The summed E-state index contributed by atoms with van der Waals surface area (Å²) in [7, 11) is -0.170. The van der Waals surface area contributed by atoms with E-state index >= 15 is 0 Å². The van der Waals surface area contributed by atoms with Crippen LogP contribution in [0.3, 0.4) is 0 Å². The standard InChI is InChI=1S/C30H41F2OSi/c1-2-3-4-19-33-27-12-14-28(15-13-27)34-20-17-24(18-21-34)6-5-23-7-9-25(10-8-23)26-11-16-29(31)30(32)22-26/h7-11,16,22,24,27-28H,2-6,12-15,17-21H2,1H3. The average molecular weight is 484 g/mol. The molecule has 0 unspecified atom stereocenters. The van der Waals surface area contributed by atoms with Gasteiger partial charge in [0.25, 0.3) is 0 Å². The zero-order valence-electron chi connectivity index (χ0n) is 20.8. The molecule has 2 aromatic rings. The SMILES string of the molecule is CCCCCOC1CCC([Si]2CCC(CCc3ccc(-c4ccc(F)c(F)c4)cc3)CC2)CC1. The van der Waals surface area contributed by atoms with Crippen LogP contribution in [-0.4, -0.2) is 21.5 Å². The Morgan fingerprint density at radius 3 is 2.21 bits per heavy atom. The molecule has 0 spiro atoms. The molecular formula is C30H41F2OSi. The molecule has 1 saturated heterocycles. The molecule has 0 amide bonds. The number of halogens is 2. The third-order valence-corrected chi connectivity index (χ3v) is 11.7. The van der Waals surface area contributed by atoms with Crippen molar-refractivity contribution in [1.82, 2.24) is 0 Å². The van der Waals surface area contributed by atoms with E-state index in [0.29, 0.717) is 6.10 Å². The Balaban J connectivity index is 1.15. The van der Waals surface area contributed by atoms with Crippen molar-refractivity contribution in [2.24, 2.45) is 5.92 Å². The Hall–Kier alpha value is -1.52. The predicted octanol–water partition coefficient (Wildman–Crippen LogP) is 8.99. The normalized spacial score (nSPS) is 22.2. The Morgan fingerprint density at radius 1 is 0.824 bits per heavy atom. The molecule has 0 aromatic heterocycles. The lowest BCUT2D eigenvalue weighted by Gasteiger charge is -2.36. The highest BCUT2D eigenvalue weighted by Gasteiger charge is 2.32. The fourth-order valence-corrected chi connectivity index (χ4v) is 9.67. The summed E-state index contributed by atoms with van der Waals surface area (Å²) in [5, 5.41) is 0. The second-order valence-corrected chi connectivity index (χ2v) is 13.7. The lowest BCUT2D eigenvalue weighted by atomic mass is 9.93. The van der Waals surface area contributed by atoms with Gasteiger partial charge in [-0.2, -0.15) is 0 Å². The van der Waals surface area contributed by atoms with E-state index in [1.807, 2.05) is 12.1 Å². The van der Waals surface area contributed by atoms with Gasteiger partial charge < -0.3 is 4.74 Å². The molecule has 1 saturated carbocycles. The number of hydrogen-bond donors (Lipinski definition) is 0. The van der Waals surface area contributed by atoms with Crippen LogP contribution in [-0.2, 0) is 11.2 Å². The van der Waals surface area contributed by atoms with Gasteiger partial charge in [0, 0.05) is 6.61 Å². The highest BCUT2D eigenvalue weighted by atomic mass is 28.3. The van der Waals surface area contributed by atoms with Crippen molar-refractivity contribution in [3.63, 3.8) is 0 Å². The molecule has 0 N–H and O–H groups in total. The van der Waals surface area contributed by atoms with Crippen LogP contribution < -0.4 is 0 Å². The van der Waals surface area contributed by atoms with Gasteiger partial charge in [-0.1, -0.05) is 87.9 Å². The van der Waals surface area contributed by atoms with Crippen molar-refractivity contribution in [3.05, 3.63) is 59.7 Å². The minimum absolute atomic E-state index is 0.170. The first-order valence-corrected chi connectivity index (χ1v) is 15.6. The molecule has 2 aliphatic rings. The minimum Gasteiger partial charge on any atom is -0.378 e. The largest absolute Gasteiger partial charge is 0.378 e. The molecule has 1 heterocycles. The van der Waals surface area contributed by atoms with Crippen molar-refractivity contribution < 1.29 is 13.5 Å². The van der Waals surface area contributed by atoms with Crippen LogP contribution in [0, 0.1) is 17.6 Å². The van der Waals surface area contributed by atoms with E-state index in [-0.39, 0.29) is 8.80 Å². The highest BCUT2D eigenvalue weighted by Crippen LogP contribution is 2.40. The van der Waals surface area contributed by atoms with Crippen LogP contribution in [0.5, 0.6) is 0 Å². The van der Waals surface area contributed by atoms with E-state index in [1.54, 1.807) is 6.07 Å². The molecule has 185 valence electrons. The van der Waals surface area contributed by atoms with Gasteiger partial charge in [0.05, 0.1) is 14.9 Å². The monoisotopic (exact) mass is 483 g/mol. The number of hydrogen-bond acceptors (Lipinski definition) is 1. The van der Waals surface area contributed by atoms with Crippen LogP contribution >= 0.6 is 0 Å². The van der Waals surface area contributed by atoms with Crippen molar-refractivity contribution in [2.75, 3.05) is 6.61 Å². The molecule has 1 nitrogen and oxygen atoms in total. The second kappa shape index (κ2) is 13.0. The molecule has 4 rings (SSSR count). The molecule has 4 heteroatoms. The first kappa shape index (κ1) is 25.6. The summed E-state index contributed by atoms with van der Waals surface area (Å²) < 4.78 is 32.8. The van der Waals surface area contributed by atoms with Crippen LogP contribution in [0.15, 0.2) is 42.5 Å². The average Bonchev–Trinajstić information content (AvgIpc) is 2.88. The van der Waals surface area contributed by atoms with Gasteiger partial charge in [0.15, 0.2) is 11.6 Å². The lowest BCUT2D eigenvalue weighted by molar-refractivity contribution is 0.0261. The summed E-state index contributed by atoms with van der Waals surface area (Å²) in [6.45, 7) is 3.22. The smallest absolute Gasteiger partial charge is 0.159 e. The van der Waals surface area contributed by atoms with E-state index in [0.717, 1.165) is 35.6 Å². The lowest BCUT2D eigenvalue weighted by Crippen LogP contribution is -2.31. The summed E-state index contributed by atoms with van der Waals surface area (Å²) in [6.07, 6.45) is 15.0. The maximum Gasteiger partial charge on any atom is 0.159 e. The first-order valence-electron chi connectivity index (χ1n) is 13.6. The van der Waals surface area contributed by atoms with Crippen molar-refractivity contribution in [1.29, 1.82) is 0 Å². The van der Waals surface area contributed by atoms with E-state index in [2.05, 4.69) is 19.1 Å². The van der Waals surface area contributed by atoms with E-state index < -0.39 is 11.6 Å². The number of unbranched alkanes of at least 4 members (excludes halogenated alkanes) is 2. The maximum atomic E-state index is 13.5. The summed E-state index contributed by atoms with van der Waals surface area (Å²) in [5.41, 5.74) is 4.04. The Kier molecular flexibility index (Phi) is 9.75. The molecular weight excluding hydrogens is 442 g/mol.